The number of aromatic nitrogens is 2. The molecule has 29 heavy (non-hydrogen) atoms. The highest BCUT2D eigenvalue weighted by Gasteiger charge is 2.27. The van der Waals surface area contributed by atoms with Crippen LogP contribution in [0.15, 0.2) is 71.1 Å². The van der Waals surface area contributed by atoms with Gasteiger partial charge in [-0.05, 0) is 28.5 Å². The maximum Gasteiger partial charge on any atom is 0.322 e. The van der Waals surface area contributed by atoms with Gasteiger partial charge in [0.25, 0.3) is 5.89 Å². The van der Waals surface area contributed by atoms with Crippen molar-refractivity contribution < 1.29 is 18.7 Å². The maximum atomic E-state index is 12.5. The molecule has 2 heterocycles. The number of benzene rings is 3. The number of amides is 1. The van der Waals surface area contributed by atoms with Crippen LogP contribution in [0.1, 0.15) is 17.6 Å². The molecule has 0 radical (unpaired) electrons. The van der Waals surface area contributed by atoms with Crippen LogP contribution in [0.2, 0.25) is 0 Å². The van der Waals surface area contributed by atoms with Crippen molar-refractivity contribution in [1.29, 1.82) is 0 Å². The number of hydrogen-bond donors (Lipinski definition) is 1. The first-order valence-corrected chi connectivity index (χ1v) is 9.24. The molecule has 1 aromatic heterocycles. The fourth-order valence-electron chi connectivity index (χ4n) is 3.34. The van der Waals surface area contributed by atoms with E-state index >= 15 is 0 Å². The monoisotopic (exact) mass is 387 g/mol. The number of carbonyl (C=O) groups excluding carboxylic acids is 1. The second-order valence-corrected chi connectivity index (χ2v) is 6.67. The quantitative estimate of drug-likeness (QED) is 0.571. The molecule has 7 nitrogen and oxygen atoms in total. The molecule has 0 saturated carbocycles. The SMILES string of the molecule is O=C(Cc1cccc2ccccc12)Nc1nnc(C2COc3ccccc3O2)o1. The van der Waals surface area contributed by atoms with Crippen LogP contribution in [0.3, 0.4) is 0 Å². The van der Waals surface area contributed by atoms with E-state index in [4.69, 9.17) is 13.9 Å². The number of nitrogens with zero attached hydrogens (tertiary/aromatic N) is 2. The fraction of sp³-hybridized carbons (Fsp3) is 0.136. The summed E-state index contributed by atoms with van der Waals surface area (Å²) in [6.07, 6.45) is -0.323. The molecular formula is C22H17N3O4. The van der Waals surface area contributed by atoms with Crippen molar-refractivity contribution in [3.8, 4) is 11.5 Å². The summed E-state index contributed by atoms with van der Waals surface area (Å²) in [6, 6.07) is 21.3. The van der Waals surface area contributed by atoms with Crippen LogP contribution >= 0.6 is 0 Å². The Morgan fingerprint density at radius 3 is 2.69 bits per heavy atom. The minimum Gasteiger partial charge on any atom is -0.485 e. The van der Waals surface area contributed by atoms with E-state index in [9.17, 15) is 4.79 Å². The molecule has 1 N–H and O–H groups in total. The van der Waals surface area contributed by atoms with Crippen molar-refractivity contribution in [3.63, 3.8) is 0 Å². The van der Waals surface area contributed by atoms with E-state index in [1.807, 2.05) is 66.7 Å². The molecule has 0 spiro atoms. The molecule has 0 bridgehead atoms. The molecule has 5 rings (SSSR count). The summed E-state index contributed by atoms with van der Waals surface area (Å²) in [5.74, 6) is 1.30. The lowest BCUT2D eigenvalue weighted by Crippen LogP contribution is -2.21. The second kappa shape index (κ2) is 7.27. The highest BCUT2D eigenvalue weighted by molar-refractivity contribution is 5.95. The van der Waals surface area contributed by atoms with E-state index in [1.165, 1.54) is 0 Å². The fourth-order valence-corrected chi connectivity index (χ4v) is 3.34. The molecule has 1 aliphatic rings. The number of para-hydroxylation sites is 2. The summed E-state index contributed by atoms with van der Waals surface area (Å²) in [4.78, 5) is 12.5. The molecule has 4 aromatic rings. The number of ether oxygens (including phenoxy) is 2. The molecule has 1 unspecified atom stereocenters. The summed E-state index contributed by atoms with van der Waals surface area (Å²) in [7, 11) is 0. The van der Waals surface area contributed by atoms with E-state index < -0.39 is 6.10 Å². The number of hydrogen-bond acceptors (Lipinski definition) is 6. The molecule has 1 aliphatic heterocycles. The van der Waals surface area contributed by atoms with Crippen LogP contribution in [-0.4, -0.2) is 22.7 Å². The lowest BCUT2D eigenvalue weighted by Gasteiger charge is -2.23. The largest absolute Gasteiger partial charge is 0.485 e. The van der Waals surface area contributed by atoms with Crippen molar-refractivity contribution in [2.75, 3.05) is 11.9 Å². The Morgan fingerprint density at radius 2 is 1.76 bits per heavy atom. The molecule has 0 aliphatic carbocycles. The topological polar surface area (TPSA) is 86.5 Å². The van der Waals surface area contributed by atoms with Crippen molar-refractivity contribution in [3.05, 3.63) is 78.2 Å². The first-order chi connectivity index (χ1) is 14.3. The van der Waals surface area contributed by atoms with Crippen molar-refractivity contribution >= 4 is 22.7 Å². The third kappa shape index (κ3) is 3.50. The van der Waals surface area contributed by atoms with Crippen LogP contribution in [0.4, 0.5) is 6.01 Å². The van der Waals surface area contributed by atoms with Gasteiger partial charge in [-0.25, -0.2) is 0 Å². The number of rotatable bonds is 4. The normalized spacial score (nSPS) is 15.2. The number of carbonyl (C=O) groups is 1. The summed E-state index contributed by atoms with van der Waals surface area (Å²) >= 11 is 0. The van der Waals surface area contributed by atoms with Crippen molar-refractivity contribution in [2.24, 2.45) is 0 Å². The number of fused-ring (bicyclic) bond motifs is 2. The van der Waals surface area contributed by atoms with Gasteiger partial charge in [0, 0.05) is 0 Å². The van der Waals surface area contributed by atoms with E-state index in [0.717, 1.165) is 16.3 Å². The minimum absolute atomic E-state index is 0.0349. The van der Waals surface area contributed by atoms with Gasteiger partial charge >= 0.3 is 6.01 Å². The summed E-state index contributed by atoms with van der Waals surface area (Å²) < 4.78 is 17.1. The van der Waals surface area contributed by atoms with Crippen LogP contribution < -0.4 is 14.8 Å². The molecule has 1 amide bonds. The Labute approximate surface area is 166 Å². The molecule has 1 atom stereocenters. The summed E-state index contributed by atoms with van der Waals surface area (Å²) in [5, 5.41) is 12.7. The van der Waals surface area contributed by atoms with Crippen LogP contribution in [0.25, 0.3) is 10.8 Å². The third-order valence-electron chi connectivity index (χ3n) is 4.70. The zero-order chi connectivity index (χ0) is 19.6. The minimum atomic E-state index is -0.527. The van der Waals surface area contributed by atoms with Crippen LogP contribution in [-0.2, 0) is 11.2 Å². The molecule has 0 fully saturated rings. The first-order valence-electron chi connectivity index (χ1n) is 9.24. The smallest absolute Gasteiger partial charge is 0.322 e. The predicted octanol–water partition coefficient (Wildman–Crippen LogP) is 3.92. The Hall–Kier alpha value is -3.87. The molecule has 3 aromatic carbocycles. The Bertz CT molecular complexity index is 1180. The standard InChI is InChI=1S/C22H17N3O4/c26-20(12-15-8-5-7-14-6-1-2-9-16(14)15)23-22-25-24-21(29-22)19-13-27-17-10-3-4-11-18(17)28-19/h1-11,19H,12-13H2,(H,23,25,26). The Kier molecular flexibility index (Phi) is 4.32. The van der Waals surface area contributed by atoms with Crippen molar-refractivity contribution in [2.45, 2.75) is 12.5 Å². The second-order valence-electron chi connectivity index (χ2n) is 6.67. The number of nitrogens with one attached hydrogen (secondary N) is 1. The lowest BCUT2D eigenvalue weighted by atomic mass is 10.0. The average molecular weight is 387 g/mol. The van der Waals surface area contributed by atoms with Gasteiger partial charge in [0.1, 0.15) is 6.61 Å². The van der Waals surface area contributed by atoms with Gasteiger partial charge in [-0.1, -0.05) is 59.7 Å². The average Bonchev–Trinajstić information content (AvgIpc) is 3.22. The van der Waals surface area contributed by atoms with Crippen LogP contribution in [0, 0.1) is 0 Å². The van der Waals surface area contributed by atoms with Gasteiger partial charge in [-0.3, -0.25) is 10.1 Å². The van der Waals surface area contributed by atoms with E-state index in [2.05, 4.69) is 15.5 Å². The molecule has 0 saturated heterocycles. The third-order valence-corrected chi connectivity index (χ3v) is 4.70. The summed E-state index contributed by atoms with van der Waals surface area (Å²) in [6.45, 7) is 0.253. The predicted molar refractivity (Wildman–Crippen MR) is 106 cm³/mol. The maximum absolute atomic E-state index is 12.5. The Morgan fingerprint density at radius 1 is 0.966 bits per heavy atom. The zero-order valence-corrected chi connectivity index (χ0v) is 15.4. The number of anilines is 1. The van der Waals surface area contributed by atoms with Gasteiger partial charge < -0.3 is 13.9 Å². The first kappa shape index (κ1) is 17.2. The van der Waals surface area contributed by atoms with Gasteiger partial charge in [0.2, 0.25) is 12.0 Å². The summed E-state index contributed by atoms with van der Waals surface area (Å²) in [5.41, 5.74) is 0.931. The molecular weight excluding hydrogens is 370 g/mol. The van der Waals surface area contributed by atoms with Crippen molar-refractivity contribution in [1.82, 2.24) is 10.2 Å². The highest BCUT2D eigenvalue weighted by atomic mass is 16.6. The van der Waals surface area contributed by atoms with Gasteiger partial charge in [-0.2, -0.15) is 0 Å². The van der Waals surface area contributed by atoms with E-state index in [1.54, 1.807) is 0 Å². The van der Waals surface area contributed by atoms with E-state index in [-0.39, 0.29) is 30.8 Å². The Balaban J connectivity index is 1.27. The van der Waals surface area contributed by atoms with Gasteiger partial charge in [0.05, 0.1) is 6.42 Å². The van der Waals surface area contributed by atoms with E-state index in [0.29, 0.717) is 11.5 Å². The molecule has 7 heteroatoms. The van der Waals surface area contributed by atoms with Gasteiger partial charge in [-0.15, -0.1) is 5.10 Å². The van der Waals surface area contributed by atoms with Gasteiger partial charge in [0.15, 0.2) is 11.5 Å². The highest BCUT2D eigenvalue weighted by Crippen LogP contribution is 2.35. The molecule has 144 valence electrons. The lowest BCUT2D eigenvalue weighted by molar-refractivity contribution is -0.115. The zero-order valence-electron chi connectivity index (χ0n) is 15.4. The van der Waals surface area contributed by atoms with Crippen LogP contribution in [0.5, 0.6) is 11.5 Å².